The summed E-state index contributed by atoms with van der Waals surface area (Å²) in [5, 5.41) is 7.37. The molecule has 6 nitrogen and oxygen atoms in total. The fourth-order valence-electron chi connectivity index (χ4n) is 4.05. The van der Waals surface area contributed by atoms with E-state index in [0.29, 0.717) is 18.1 Å². The second-order valence-electron chi connectivity index (χ2n) is 8.23. The molecule has 1 unspecified atom stereocenters. The molecule has 1 atom stereocenters. The smallest absolute Gasteiger partial charge is 0.291 e. The van der Waals surface area contributed by atoms with Crippen molar-refractivity contribution in [1.29, 1.82) is 0 Å². The van der Waals surface area contributed by atoms with Gasteiger partial charge in [0.05, 0.1) is 11.7 Å². The maximum Gasteiger partial charge on any atom is 0.291 e. The van der Waals surface area contributed by atoms with E-state index in [9.17, 15) is 9.18 Å². The number of rotatable bonds is 6. The van der Waals surface area contributed by atoms with Crippen molar-refractivity contribution in [2.75, 3.05) is 19.6 Å². The van der Waals surface area contributed by atoms with E-state index in [1.165, 1.54) is 30.5 Å². The summed E-state index contributed by atoms with van der Waals surface area (Å²) >= 11 is 0. The van der Waals surface area contributed by atoms with Crippen LogP contribution >= 0.6 is 0 Å². The number of likely N-dealkylation sites (tertiary alicyclic amines) is 1. The first-order valence-corrected chi connectivity index (χ1v) is 10.8. The molecule has 0 spiro atoms. The van der Waals surface area contributed by atoms with Crippen molar-refractivity contribution in [3.8, 4) is 5.69 Å². The lowest BCUT2D eigenvalue weighted by molar-refractivity contribution is 0.0903. The monoisotopic (exact) mass is 421 g/mol. The van der Waals surface area contributed by atoms with Gasteiger partial charge in [-0.15, -0.1) is 5.10 Å². The summed E-state index contributed by atoms with van der Waals surface area (Å²) in [6, 6.07) is 16.4. The Kier molecular flexibility index (Phi) is 6.42. The Hall–Kier alpha value is -3.06. The van der Waals surface area contributed by atoms with Gasteiger partial charge in [-0.25, -0.2) is 14.1 Å². The maximum absolute atomic E-state index is 13.2. The van der Waals surface area contributed by atoms with Crippen molar-refractivity contribution in [2.45, 2.75) is 32.7 Å². The minimum Gasteiger partial charge on any atom is -0.347 e. The van der Waals surface area contributed by atoms with Crippen molar-refractivity contribution in [2.24, 2.45) is 5.92 Å². The zero-order valence-corrected chi connectivity index (χ0v) is 18.0. The summed E-state index contributed by atoms with van der Waals surface area (Å²) < 4.78 is 14.8. The van der Waals surface area contributed by atoms with Crippen LogP contribution in [0.3, 0.4) is 0 Å². The molecule has 0 saturated carbocycles. The van der Waals surface area contributed by atoms with Gasteiger partial charge < -0.3 is 5.32 Å². The number of halogens is 1. The fourth-order valence-corrected chi connectivity index (χ4v) is 4.05. The maximum atomic E-state index is 13.2. The molecular formula is C24H28FN5O. The number of aryl methyl sites for hydroxylation is 1. The molecule has 1 saturated heterocycles. The Balaban J connectivity index is 1.48. The Morgan fingerprint density at radius 3 is 2.48 bits per heavy atom. The predicted octanol–water partition coefficient (Wildman–Crippen LogP) is 3.92. The standard InChI is InChI=1S/C24H28FN5O/c1-17-12-14-29(15-13-17)22(19-6-4-3-5-7-19)16-26-24(31)23-27-18(2)30(28-23)21-10-8-20(25)9-11-21/h3-11,17,22H,12-16H2,1-2H3,(H,26,31). The first-order valence-electron chi connectivity index (χ1n) is 10.8. The Labute approximate surface area is 182 Å². The fraction of sp³-hybridized carbons (Fsp3) is 0.375. The third-order valence-corrected chi connectivity index (χ3v) is 5.94. The van der Waals surface area contributed by atoms with E-state index in [0.717, 1.165) is 19.0 Å². The summed E-state index contributed by atoms with van der Waals surface area (Å²) in [6.07, 6.45) is 2.33. The van der Waals surface area contributed by atoms with Gasteiger partial charge in [-0.3, -0.25) is 9.69 Å². The molecule has 0 aliphatic carbocycles. The lowest BCUT2D eigenvalue weighted by Gasteiger charge is -2.37. The number of carbonyl (C=O) groups is 1. The van der Waals surface area contributed by atoms with Gasteiger partial charge in [0.15, 0.2) is 0 Å². The number of hydrogen-bond donors (Lipinski definition) is 1. The molecule has 1 N–H and O–H groups in total. The Morgan fingerprint density at radius 1 is 1.13 bits per heavy atom. The minimum absolute atomic E-state index is 0.109. The second-order valence-corrected chi connectivity index (χ2v) is 8.23. The molecule has 4 rings (SSSR count). The average Bonchev–Trinajstić information content (AvgIpc) is 3.18. The van der Waals surface area contributed by atoms with E-state index >= 15 is 0 Å². The normalized spacial score (nSPS) is 16.2. The lowest BCUT2D eigenvalue weighted by atomic mass is 9.95. The molecule has 1 amide bonds. The number of nitrogens with zero attached hydrogens (tertiary/aromatic N) is 4. The SMILES string of the molecule is Cc1nc(C(=O)NCC(c2ccccc2)N2CCC(C)CC2)nn1-c1ccc(F)cc1. The number of aromatic nitrogens is 3. The molecule has 3 aromatic rings. The molecule has 1 aliphatic rings. The zero-order chi connectivity index (χ0) is 21.8. The van der Waals surface area contributed by atoms with Gasteiger partial charge in [0.2, 0.25) is 5.82 Å². The Morgan fingerprint density at radius 2 is 1.81 bits per heavy atom. The third kappa shape index (κ3) is 4.99. The molecule has 0 bridgehead atoms. The first kappa shape index (κ1) is 21.2. The molecule has 1 aliphatic heterocycles. The summed E-state index contributed by atoms with van der Waals surface area (Å²) in [4.78, 5) is 19.6. The van der Waals surface area contributed by atoms with E-state index in [2.05, 4.69) is 39.4 Å². The molecule has 1 fully saturated rings. The zero-order valence-electron chi connectivity index (χ0n) is 18.0. The summed E-state index contributed by atoms with van der Waals surface area (Å²) in [5.41, 5.74) is 1.85. The number of amides is 1. The third-order valence-electron chi connectivity index (χ3n) is 5.94. The number of benzene rings is 2. The number of hydrogen-bond acceptors (Lipinski definition) is 4. The van der Waals surface area contributed by atoms with Gasteiger partial charge in [0.25, 0.3) is 5.91 Å². The van der Waals surface area contributed by atoms with Crippen molar-refractivity contribution in [1.82, 2.24) is 25.0 Å². The van der Waals surface area contributed by atoms with Crippen LogP contribution in [0.1, 0.15) is 47.8 Å². The van der Waals surface area contributed by atoms with Crippen LogP contribution in [0.5, 0.6) is 0 Å². The van der Waals surface area contributed by atoms with Crippen LogP contribution in [-0.4, -0.2) is 45.2 Å². The van der Waals surface area contributed by atoms with Crippen LogP contribution in [0.4, 0.5) is 4.39 Å². The van der Waals surface area contributed by atoms with Crippen molar-refractivity contribution >= 4 is 5.91 Å². The molecular weight excluding hydrogens is 393 g/mol. The van der Waals surface area contributed by atoms with Gasteiger partial charge in [0.1, 0.15) is 11.6 Å². The van der Waals surface area contributed by atoms with Crippen LogP contribution in [0, 0.1) is 18.7 Å². The molecule has 31 heavy (non-hydrogen) atoms. The van der Waals surface area contributed by atoms with Gasteiger partial charge >= 0.3 is 0 Å². The van der Waals surface area contributed by atoms with Crippen LogP contribution in [-0.2, 0) is 0 Å². The molecule has 2 heterocycles. The highest BCUT2D eigenvalue weighted by molar-refractivity contribution is 5.90. The van der Waals surface area contributed by atoms with Crippen molar-refractivity contribution in [3.63, 3.8) is 0 Å². The van der Waals surface area contributed by atoms with Crippen LogP contribution in [0.25, 0.3) is 5.69 Å². The van der Waals surface area contributed by atoms with E-state index in [1.54, 1.807) is 23.7 Å². The van der Waals surface area contributed by atoms with Gasteiger partial charge in [-0.1, -0.05) is 37.3 Å². The molecule has 2 aromatic carbocycles. The van der Waals surface area contributed by atoms with Gasteiger partial charge in [0, 0.05) is 6.54 Å². The Bertz CT molecular complexity index is 1010. The quantitative estimate of drug-likeness (QED) is 0.655. The topological polar surface area (TPSA) is 63.1 Å². The minimum atomic E-state index is -0.321. The predicted molar refractivity (Wildman–Crippen MR) is 118 cm³/mol. The van der Waals surface area contributed by atoms with Gasteiger partial charge in [-0.2, -0.15) is 0 Å². The van der Waals surface area contributed by atoms with E-state index in [-0.39, 0.29) is 23.6 Å². The van der Waals surface area contributed by atoms with Crippen LogP contribution < -0.4 is 5.32 Å². The summed E-state index contributed by atoms with van der Waals surface area (Å²) in [5.74, 6) is 0.793. The highest BCUT2D eigenvalue weighted by Crippen LogP contribution is 2.26. The largest absolute Gasteiger partial charge is 0.347 e. The van der Waals surface area contributed by atoms with E-state index < -0.39 is 0 Å². The highest BCUT2D eigenvalue weighted by atomic mass is 19.1. The summed E-state index contributed by atoms with van der Waals surface area (Å²) in [6.45, 7) is 6.60. The molecule has 1 aromatic heterocycles. The van der Waals surface area contributed by atoms with Crippen LogP contribution in [0.2, 0.25) is 0 Å². The first-order chi connectivity index (χ1) is 15.0. The van der Waals surface area contributed by atoms with Crippen LogP contribution in [0.15, 0.2) is 54.6 Å². The van der Waals surface area contributed by atoms with E-state index in [1.807, 2.05) is 18.2 Å². The van der Waals surface area contributed by atoms with Crippen molar-refractivity contribution < 1.29 is 9.18 Å². The number of nitrogens with one attached hydrogen (secondary N) is 1. The second kappa shape index (κ2) is 9.39. The number of carbonyl (C=O) groups excluding carboxylic acids is 1. The molecule has 0 radical (unpaired) electrons. The van der Waals surface area contributed by atoms with Gasteiger partial charge in [-0.05, 0) is 68.6 Å². The molecule has 162 valence electrons. The van der Waals surface area contributed by atoms with E-state index in [4.69, 9.17) is 0 Å². The number of piperidine rings is 1. The van der Waals surface area contributed by atoms with Crippen molar-refractivity contribution in [3.05, 3.63) is 77.6 Å². The molecule has 7 heteroatoms. The summed E-state index contributed by atoms with van der Waals surface area (Å²) in [7, 11) is 0. The average molecular weight is 422 g/mol. The lowest BCUT2D eigenvalue weighted by Crippen LogP contribution is -2.42. The highest BCUT2D eigenvalue weighted by Gasteiger charge is 2.26.